The molecule has 0 saturated heterocycles. The van der Waals surface area contributed by atoms with Gasteiger partial charge < -0.3 is 0 Å². The monoisotopic (exact) mass is 307 g/mol. The van der Waals surface area contributed by atoms with Gasteiger partial charge in [0.15, 0.2) is 11.5 Å². The van der Waals surface area contributed by atoms with Gasteiger partial charge in [0.2, 0.25) is 0 Å². The van der Waals surface area contributed by atoms with Crippen molar-refractivity contribution in [2.24, 2.45) is 5.92 Å². The van der Waals surface area contributed by atoms with Crippen molar-refractivity contribution in [3.8, 4) is 11.4 Å². The van der Waals surface area contributed by atoms with E-state index in [2.05, 4.69) is 45.6 Å². The standard InChI is InChI=1S/C18H21N5/c1-6-16-15(10-11(2)3)20-13(5)17-21-22-18(23(16)17)14-8-7-9-19-12(14)4/h6-11H,1-5H3. The first kappa shape index (κ1) is 15.3. The van der Waals surface area contributed by atoms with Gasteiger partial charge in [0.1, 0.15) is 0 Å². The zero-order valence-corrected chi connectivity index (χ0v) is 14.2. The lowest BCUT2D eigenvalue weighted by Gasteiger charge is -2.06. The van der Waals surface area contributed by atoms with Gasteiger partial charge in [-0.2, -0.15) is 0 Å². The summed E-state index contributed by atoms with van der Waals surface area (Å²) in [4.78, 5) is 9.09. The molecule has 5 nitrogen and oxygen atoms in total. The van der Waals surface area contributed by atoms with Crippen molar-refractivity contribution in [2.75, 3.05) is 0 Å². The van der Waals surface area contributed by atoms with Crippen molar-refractivity contribution in [1.82, 2.24) is 24.6 Å². The van der Waals surface area contributed by atoms with Gasteiger partial charge in [0, 0.05) is 17.5 Å². The van der Waals surface area contributed by atoms with E-state index in [1.165, 1.54) is 0 Å². The first-order valence-electron chi connectivity index (χ1n) is 7.85. The minimum absolute atomic E-state index is 0.415. The molecule has 0 atom stereocenters. The highest BCUT2D eigenvalue weighted by atomic mass is 15.3. The molecule has 0 fully saturated rings. The van der Waals surface area contributed by atoms with Crippen LogP contribution in [0.4, 0.5) is 0 Å². The number of aromatic nitrogens is 5. The fourth-order valence-electron chi connectivity index (χ4n) is 2.76. The summed E-state index contributed by atoms with van der Waals surface area (Å²) < 4.78 is 2.08. The summed E-state index contributed by atoms with van der Waals surface area (Å²) in [7, 11) is 0. The van der Waals surface area contributed by atoms with Gasteiger partial charge in [0.05, 0.1) is 16.4 Å². The Labute approximate surface area is 135 Å². The van der Waals surface area contributed by atoms with E-state index in [1.54, 1.807) is 6.20 Å². The van der Waals surface area contributed by atoms with E-state index in [-0.39, 0.29) is 0 Å². The first-order chi connectivity index (χ1) is 11.0. The second-order valence-corrected chi connectivity index (χ2v) is 5.99. The quantitative estimate of drug-likeness (QED) is 0.727. The second-order valence-electron chi connectivity index (χ2n) is 5.99. The lowest BCUT2D eigenvalue weighted by molar-refractivity contribution is 0.867. The van der Waals surface area contributed by atoms with Gasteiger partial charge in [0.25, 0.3) is 0 Å². The Bertz CT molecular complexity index is 983. The molecule has 3 heterocycles. The molecule has 0 spiro atoms. The van der Waals surface area contributed by atoms with E-state index >= 15 is 0 Å². The van der Waals surface area contributed by atoms with E-state index in [0.29, 0.717) is 5.92 Å². The number of hydrogen-bond donors (Lipinski definition) is 0. The zero-order chi connectivity index (χ0) is 16.6. The molecule has 5 heteroatoms. The maximum atomic E-state index is 4.72. The van der Waals surface area contributed by atoms with Crippen LogP contribution in [0.15, 0.2) is 18.3 Å². The highest BCUT2D eigenvalue weighted by Gasteiger charge is 2.14. The first-order valence-corrected chi connectivity index (χ1v) is 7.85. The van der Waals surface area contributed by atoms with Crippen LogP contribution in [-0.2, 0) is 0 Å². The Kier molecular flexibility index (Phi) is 3.94. The minimum atomic E-state index is 0.415. The van der Waals surface area contributed by atoms with E-state index in [9.17, 15) is 0 Å². The van der Waals surface area contributed by atoms with Crippen molar-refractivity contribution < 1.29 is 0 Å². The summed E-state index contributed by atoms with van der Waals surface area (Å²) in [6.07, 6.45) is 6.02. The van der Waals surface area contributed by atoms with Crippen LogP contribution in [0.3, 0.4) is 0 Å². The van der Waals surface area contributed by atoms with Gasteiger partial charge in [-0.25, -0.2) is 4.98 Å². The molecule has 3 rings (SSSR count). The van der Waals surface area contributed by atoms with Gasteiger partial charge in [-0.3, -0.25) is 9.38 Å². The number of fused-ring (bicyclic) bond motifs is 1. The molecule has 0 unspecified atom stereocenters. The molecule has 3 aromatic heterocycles. The van der Waals surface area contributed by atoms with Crippen molar-refractivity contribution >= 4 is 17.8 Å². The Balaban J connectivity index is 2.49. The summed E-state index contributed by atoms with van der Waals surface area (Å²) in [6, 6.07) is 3.95. The molecule has 3 aromatic rings. The highest BCUT2D eigenvalue weighted by molar-refractivity contribution is 5.62. The summed E-state index contributed by atoms with van der Waals surface area (Å²) >= 11 is 0. The molecule has 0 aliphatic rings. The number of hydrogen-bond acceptors (Lipinski definition) is 4. The van der Waals surface area contributed by atoms with Crippen molar-refractivity contribution in [3.63, 3.8) is 0 Å². The zero-order valence-electron chi connectivity index (χ0n) is 14.2. The van der Waals surface area contributed by atoms with Crippen molar-refractivity contribution in [3.05, 3.63) is 40.4 Å². The molecule has 0 aliphatic heterocycles. The number of rotatable bonds is 2. The number of aryl methyl sites for hydroxylation is 2. The third-order valence-corrected chi connectivity index (χ3v) is 3.79. The van der Waals surface area contributed by atoms with Gasteiger partial charge in [-0.05, 0) is 38.8 Å². The Morgan fingerprint density at radius 2 is 1.91 bits per heavy atom. The molecular weight excluding hydrogens is 286 g/mol. The maximum absolute atomic E-state index is 4.72. The summed E-state index contributed by atoms with van der Waals surface area (Å²) in [5, 5.41) is 10.8. The van der Waals surface area contributed by atoms with E-state index in [1.807, 2.05) is 32.9 Å². The molecule has 23 heavy (non-hydrogen) atoms. The van der Waals surface area contributed by atoms with Gasteiger partial charge in [-0.1, -0.05) is 26.0 Å². The van der Waals surface area contributed by atoms with Crippen molar-refractivity contribution in [2.45, 2.75) is 34.6 Å². The van der Waals surface area contributed by atoms with E-state index in [4.69, 9.17) is 4.98 Å². The molecule has 118 valence electrons. The summed E-state index contributed by atoms with van der Waals surface area (Å²) in [6.45, 7) is 10.3. The van der Waals surface area contributed by atoms with Crippen LogP contribution in [-0.4, -0.2) is 24.6 Å². The topological polar surface area (TPSA) is 56.0 Å². The lowest BCUT2D eigenvalue weighted by Crippen LogP contribution is -2.36. The van der Waals surface area contributed by atoms with Crippen LogP contribution in [0.25, 0.3) is 29.2 Å². The SMILES string of the molecule is CC=c1c(=CC(C)C)nc(C)c2nnc(-c3cccnc3C)n12. The predicted octanol–water partition coefficient (Wildman–Crippen LogP) is 2.04. The van der Waals surface area contributed by atoms with Crippen LogP contribution in [0.1, 0.15) is 32.2 Å². The summed E-state index contributed by atoms with van der Waals surface area (Å²) in [5.41, 5.74) is 3.59. The molecule has 0 bridgehead atoms. The molecule has 0 radical (unpaired) electrons. The van der Waals surface area contributed by atoms with E-state index < -0.39 is 0 Å². The van der Waals surface area contributed by atoms with Crippen LogP contribution in [0.2, 0.25) is 0 Å². The van der Waals surface area contributed by atoms with E-state index in [0.717, 1.165) is 39.1 Å². The predicted molar refractivity (Wildman–Crippen MR) is 92.2 cm³/mol. The molecular formula is C18H21N5. The Hall–Kier alpha value is -2.56. The molecule has 0 aliphatic carbocycles. The molecule has 0 aromatic carbocycles. The average Bonchev–Trinajstić information content (AvgIpc) is 2.93. The molecule has 0 saturated carbocycles. The molecule has 0 amide bonds. The van der Waals surface area contributed by atoms with Crippen LogP contribution < -0.4 is 10.7 Å². The fraction of sp³-hybridized carbons (Fsp3) is 0.333. The maximum Gasteiger partial charge on any atom is 0.183 e. The van der Waals surface area contributed by atoms with Crippen molar-refractivity contribution in [1.29, 1.82) is 0 Å². The third kappa shape index (κ3) is 2.63. The Morgan fingerprint density at radius 1 is 1.13 bits per heavy atom. The fourth-order valence-corrected chi connectivity index (χ4v) is 2.76. The summed E-state index contributed by atoms with van der Waals surface area (Å²) in [5.74, 6) is 1.22. The smallest absolute Gasteiger partial charge is 0.183 e. The van der Waals surface area contributed by atoms with Gasteiger partial charge >= 0.3 is 0 Å². The highest BCUT2D eigenvalue weighted by Crippen LogP contribution is 2.19. The Morgan fingerprint density at radius 3 is 2.57 bits per heavy atom. The minimum Gasteiger partial charge on any atom is -0.272 e. The number of pyridine rings is 1. The average molecular weight is 307 g/mol. The molecule has 0 N–H and O–H groups in total. The number of nitrogens with zero attached hydrogens (tertiary/aromatic N) is 5. The third-order valence-electron chi connectivity index (χ3n) is 3.79. The largest absolute Gasteiger partial charge is 0.272 e. The van der Waals surface area contributed by atoms with Crippen LogP contribution >= 0.6 is 0 Å². The van der Waals surface area contributed by atoms with Crippen LogP contribution in [0.5, 0.6) is 0 Å². The second kappa shape index (κ2) is 5.91. The normalized spacial score (nSPS) is 13.5. The lowest BCUT2D eigenvalue weighted by atomic mass is 10.2. The van der Waals surface area contributed by atoms with Gasteiger partial charge in [-0.15, -0.1) is 10.2 Å². The van der Waals surface area contributed by atoms with Crippen LogP contribution in [0, 0.1) is 19.8 Å².